The fourth-order valence-electron chi connectivity index (χ4n) is 0.873. The third-order valence-electron chi connectivity index (χ3n) is 1.50. The molecule has 0 rings (SSSR count). The Labute approximate surface area is 77.8 Å². The molecular weight excluding hydrogens is 168 g/mol. The van der Waals surface area contributed by atoms with Gasteiger partial charge in [0.2, 0.25) is 0 Å². The van der Waals surface area contributed by atoms with Gasteiger partial charge in [0.1, 0.15) is 0 Å². The van der Waals surface area contributed by atoms with Crippen LogP contribution in [-0.4, -0.2) is 19.3 Å². The average molecular weight is 182 g/mol. The van der Waals surface area contributed by atoms with Gasteiger partial charge in [-0.15, -0.1) is 0 Å². The molecule has 72 valence electrons. The van der Waals surface area contributed by atoms with Crippen LogP contribution in [0.4, 0.5) is 0 Å². The third-order valence-corrected chi connectivity index (χ3v) is 1.50. The minimum Gasteiger partial charge on any atom is -0.465 e. The van der Waals surface area contributed by atoms with E-state index >= 15 is 0 Å². The lowest BCUT2D eigenvalue weighted by Crippen LogP contribution is -2.15. The van der Waals surface area contributed by atoms with E-state index in [4.69, 9.17) is 5.41 Å². The standard InChI is InChI=1S/C9H14N2O2/c1-4-8(11-5-2)7(6-10)9(12)13-3/h5-6,10-11H,2,4H2,1,3H3/b8-7+,10-6?. The maximum absolute atomic E-state index is 11.1. The van der Waals surface area contributed by atoms with Crippen LogP contribution in [0.2, 0.25) is 0 Å². The zero-order valence-corrected chi connectivity index (χ0v) is 7.89. The molecule has 0 unspecified atom stereocenters. The number of carbonyl (C=O) groups is 1. The lowest BCUT2D eigenvalue weighted by Gasteiger charge is -2.07. The number of ether oxygens (including phenoxy) is 1. The van der Waals surface area contributed by atoms with Crippen LogP contribution in [0.25, 0.3) is 0 Å². The number of nitrogens with one attached hydrogen (secondary N) is 2. The van der Waals surface area contributed by atoms with E-state index < -0.39 is 5.97 Å². The summed E-state index contributed by atoms with van der Waals surface area (Å²) >= 11 is 0. The first-order chi connectivity index (χ1) is 6.21. The van der Waals surface area contributed by atoms with Crippen LogP contribution in [0.15, 0.2) is 24.0 Å². The number of allylic oxidation sites excluding steroid dienone is 1. The second-order valence-corrected chi connectivity index (χ2v) is 2.23. The van der Waals surface area contributed by atoms with Crippen molar-refractivity contribution in [3.63, 3.8) is 0 Å². The van der Waals surface area contributed by atoms with Crippen LogP contribution in [0.3, 0.4) is 0 Å². The molecule has 0 spiro atoms. The Balaban J connectivity index is 4.91. The van der Waals surface area contributed by atoms with Gasteiger partial charge in [-0.25, -0.2) is 4.79 Å². The van der Waals surface area contributed by atoms with Crippen LogP contribution < -0.4 is 5.32 Å². The number of hydrogen-bond donors (Lipinski definition) is 2. The number of carbonyl (C=O) groups excluding carboxylic acids is 1. The Kier molecular flexibility index (Phi) is 5.27. The molecule has 0 aromatic heterocycles. The molecule has 2 N–H and O–H groups in total. The molecule has 0 bridgehead atoms. The molecule has 0 saturated carbocycles. The van der Waals surface area contributed by atoms with E-state index in [1.807, 2.05) is 6.92 Å². The van der Waals surface area contributed by atoms with E-state index in [1.54, 1.807) is 0 Å². The lowest BCUT2D eigenvalue weighted by atomic mass is 10.2. The number of methoxy groups -OCH3 is 1. The monoisotopic (exact) mass is 182 g/mol. The summed E-state index contributed by atoms with van der Waals surface area (Å²) in [6, 6.07) is 0. The maximum Gasteiger partial charge on any atom is 0.341 e. The molecular formula is C9H14N2O2. The molecule has 0 atom stereocenters. The number of hydrogen-bond acceptors (Lipinski definition) is 4. The smallest absolute Gasteiger partial charge is 0.341 e. The van der Waals surface area contributed by atoms with Gasteiger partial charge in [-0.3, -0.25) is 0 Å². The topological polar surface area (TPSA) is 62.2 Å². The number of rotatable bonds is 5. The minimum atomic E-state index is -0.513. The van der Waals surface area contributed by atoms with Gasteiger partial charge in [0.05, 0.1) is 12.7 Å². The van der Waals surface area contributed by atoms with Crippen molar-refractivity contribution in [2.45, 2.75) is 13.3 Å². The molecule has 0 aliphatic heterocycles. The Morgan fingerprint density at radius 1 is 1.69 bits per heavy atom. The highest BCUT2D eigenvalue weighted by Gasteiger charge is 2.11. The molecule has 0 aromatic rings. The molecule has 0 aliphatic rings. The maximum atomic E-state index is 11.1. The molecule has 13 heavy (non-hydrogen) atoms. The molecule has 0 fully saturated rings. The fraction of sp³-hybridized carbons (Fsp3) is 0.333. The highest BCUT2D eigenvalue weighted by molar-refractivity contribution is 6.09. The average Bonchev–Trinajstić information content (AvgIpc) is 2.17. The number of esters is 1. The van der Waals surface area contributed by atoms with Crippen LogP contribution in [0.1, 0.15) is 13.3 Å². The Morgan fingerprint density at radius 3 is 2.62 bits per heavy atom. The highest BCUT2D eigenvalue weighted by Crippen LogP contribution is 2.05. The predicted octanol–water partition coefficient (Wildman–Crippen LogP) is 1.21. The predicted molar refractivity (Wildman–Crippen MR) is 51.4 cm³/mol. The Hall–Kier alpha value is -1.58. The van der Waals surface area contributed by atoms with Crippen LogP contribution in [0, 0.1) is 5.41 Å². The van der Waals surface area contributed by atoms with Gasteiger partial charge in [0.25, 0.3) is 0 Å². The normalized spacial score (nSPS) is 11.2. The fourth-order valence-corrected chi connectivity index (χ4v) is 0.873. The van der Waals surface area contributed by atoms with E-state index in [-0.39, 0.29) is 5.57 Å². The molecule has 0 saturated heterocycles. The van der Waals surface area contributed by atoms with Gasteiger partial charge in [-0.1, -0.05) is 13.5 Å². The zero-order chi connectivity index (χ0) is 10.3. The zero-order valence-electron chi connectivity index (χ0n) is 7.89. The molecule has 0 heterocycles. The summed E-state index contributed by atoms with van der Waals surface area (Å²) in [5.41, 5.74) is 0.863. The van der Waals surface area contributed by atoms with Gasteiger partial charge in [-0.05, 0) is 12.6 Å². The van der Waals surface area contributed by atoms with Crippen molar-refractivity contribution in [2.75, 3.05) is 7.11 Å². The minimum absolute atomic E-state index is 0.227. The largest absolute Gasteiger partial charge is 0.465 e. The summed E-state index contributed by atoms with van der Waals surface area (Å²) in [4.78, 5) is 11.1. The summed E-state index contributed by atoms with van der Waals surface area (Å²) < 4.78 is 4.51. The molecule has 0 aliphatic carbocycles. The van der Waals surface area contributed by atoms with Gasteiger partial charge < -0.3 is 15.5 Å². The van der Waals surface area contributed by atoms with Crippen molar-refractivity contribution in [3.8, 4) is 0 Å². The lowest BCUT2D eigenvalue weighted by molar-refractivity contribution is -0.135. The molecule has 0 amide bonds. The van der Waals surface area contributed by atoms with Crippen molar-refractivity contribution < 1.29 is 9.53 Å². The summed E-state index contributed by atoms with van der Waals surface area (Å²) in [7, 11) is 1.28. The van der Waals surface area contributed by atoms with E-state index in [0.29, 0.717) is 12.1 Å². The highest BCUT2D eigenvalue weighted by atomic mass is 16.5. The van der Waals surface area contributed by atoms with Gasteiger partial charge in [0, 0.05) is 11.9 Å². The molecule has 0 aromatic carbocycles. The van der Waals surface area contributed by atoms with Gasteiger partial charge >= 0.3 is 5.97 Å². The third kappa shape index (κ3) is 3.11. The molecule has 0 radical (unpaired) electrons. The van der Waals surface area contributed by atoms with Crippen LogP contribution >= 0.6 is 0 Å². The quantitative estimate of drug-likeness (QED) is 0.381. The first-order valence-corrected chi connectivity index (χ1v) is 3.90. The molecule has 4 heteroatoms. The van der Waals surface area contributed by atoms with E-state index in [1.165, 1.54) is 13.3 Å². The Morgan fingerprint density at radius 2 is 2.31 bits per heavy atom. The summed E-state index contributed by atoms with van der Waals surface area (Å²) in [5.74, 6) is -0.513. The Bertz CT molecular complexity index is 244. The van der Waals surface area contributed by atoms with Gasteiger partial charge in [-0.2, -0.15) is 0 Å². The first kappa shape index (κ1) is 11.4. The van der Waals surface area contributed by atoms with Crippen LogP contribution in [0.5, 0.6) is 0 Å². The van der Waals surface area contributed by atoms with Gasteiger partial charge in [0.15, 0.2) is 0 Å². The van der Waals surface area contributed by atoms with Crippen molar-refractivity contribution in [3.05, 3.63) is 24.0 Å². The van der Waals surface area contributed by atoms with Crippen molar-refractivity contribution in [1.29, 1.82) is 5.41 Å². The second kappa shape index (κ2) is 5.99. The van der Waals surface area contributed by atoms with Crippen molar-refractivity contribution >= 4 is 12.2 Å². The summed E-state index contributed by atoms with van der Waals surface area (Å²) in [6.07, 6.45) is 3.05. The van der Waals surface area contributed by atoms with E-state index in [9.17, 15) is 4.79 Å². The van der Waals surface area contributed by atoms with E-state index in [2.05, 4.69) is 16.6 Å². The first-order valence-electron chi connectivity index (χ1n) is 3.90. The second-order valence-electron chi connectivity index (χ2n) is 2.23. The van der Waals surface area contributed by atoms with Crippen molar-refractivity contribution in [2.24, 2.45) is 0 Å². The summed E-state index contributed by atoms with van der Waals surface area (Å²) in [5, 5.41) is 9.84. The van der Waals surface area contributed by atoms with Crippen LogP contribution in [-0.2, 0) is 9.53 Å². The van der Waals surface area contributed by atoms with E-state index in [0.717, 1.165) is 6.21 Å². The molecule has 4 nitrogen and oxygen atoms in total. The summed E-state index contributed by atoms with van der Waals surface area (Å²) in [6.45, 7) is 5.35. The SMILES string of the molecule is C=CN/C(CC)=C(\C=N)C(=O)OC. The van der Waals surface area contributed by atoms with Crippen molar-refractivity contribution in [1.82, 2.24) is 5.32 Å².